The fourth-order valence-corrected chi connectivity index (χ4v) is 2.43. The van der Waals surface area contributed by atoms with E-state index in [-0.39, 0.29) is 22.4 Å². The Bertz CT molecular complexity index is 1050. The topological polar surface area (TPSA) is 70.6 Å². The SMILES string of the molecule is O=C(Nc1ccccc1C(=O)NN=Cc1ccccc1F)c1ccccc1F. The zero-order valence-electron chi connectivity index (χ0n) is 14.5. The molecule has 7 heteroatoms. The average molecular weight is 379 g/mol. The second-order valence-electron chi connectivity index (χ2n) is 5.70. The van der Waals surface area contributed by atoms with Gasteiger partial charge in [-0.15, -0.1) is 0 Å². The average Bonchev–Trinajstić information content (AvgIpc) is 2.70. The lowest BCUT2D eigenvalue weighted by Gasteiger charge is -2.10. The molecule has 0 saturated heterocycles. The van der Waals surface area contributed by atoms with Crippen LogP contribution < -0.4 is 10.7 Å². The summed E-state index contributed by atoms with van der Waals surface area (Å²) in [6.45, 7) is 0. The molecule has 3 aromatic carbocycles. The normalized spacial score (nSPS) is 10.6. The summed E-state index contributed by atoms with van der Waals surface area (Å²) < 4.78 is 27.3. The van der Waals surface area contributed by atoms with Crippen LogP contribution in [0.15, 0.2) is 77.9 Å². The number of rotatable bonds is 5. The number of anilines is 1. The second kappa shape index (κ2) is 8.68. The summed E-state index contributed by atoms with van der Waals surface area (Å²) in [5, 5.41) is 6.25. The van der Waals surface area contributed by atoms with E-state index in [2.05, 4.69) is 15.8 Å². The minimum atomic E-state index is -0.687. The Morgan fingerprint density at radius 1 is 0.750 bits per heavy atom. The number of hydrogen-bond acceptors (Lipinski definition) is 3. The molecule has 0 aliphatic heterocycles. The molecule has 0 saturated carbocycles. The van der Waals surface area contributed by atoms with Crippen molar-refractivity contribution in [3.63, 3.8) is 0 Å². The van der Waals surface area contributed by atoms with E-state index in [0.29, 0.717) is 0 Å². The van der Waals surface area contributed by atoms with Crippen molar-refractivity contribution in [3.8, 4) is 0 Å². The highest BCUT2D eigenvalue weighted by Crippen LogP contribution is 2.17. The van der Waals surface area contributed by atoms with E-state index < -0.39 is 23.4 Å². The Hall–Kier alpha value is -3.87. The Labute approximate surface area is 159 Å². The molecule has 0 bridgehead atoms. The third kappa shape index (κ3) is 4.45. The Balaban J connectivity index is 1.74. The van der Waals surface area contributed by atoms with Gasteiger partial charge in [0.2, 0.25) is 0 Å². The largest absolute Gasteiger partial charge is 0.321 e. The van der Waals surface area contributed by atoms with Gasteiger partial charge in [-0.05, 0) is 30.3 Å². The highest BCUT2D eigenvalue weighted by atomic mass is 19.1. The Kier molecular flexibility index (Phi) is 5.86. The van der Waals surface area contributed by atoms with Crippen molar-refractivity contribution in [2.24, 2.45) is 5.10 Å². The van der Waals surface area contributed by atoms with E-state index in [1.807, 2.05) is 0 Å². The van der Waals surface area contributed by atoms with Gasteiger partial charge in [-0.3, -0.25) is 9.59 Å². The monoisotopic (exact) mass is 379 g/mol. The van der Waals surface area contributed by atoms with E-state index in [9.17, 15) is 18.4 Å². The lowest BCUT2D eigenvalue weighted by atomic mass is 10.1. The van der Waals surface area contributed by atoms with E-state index in [0.717, 1.165) is 0 Å². The van der Waals surface area contributed by atoms with Gasteiger partial charge in [-0.2, -0.15) is 5.10 Å². The van der Waals surface area contributed by atoms with Crippen molar-refractivity contribution in [3.05, 3.63) is 101 Å². The first-order valence-electron chi connectivity index (χ1n) is 8.29. The van der Waals surface area contributed by atoms with Crippen LogP contribution in [0.5, 0.6) is 0 Å². The number of nitrogens with one attached hydrogen (secondary N) is 2. The van der Waals surface area contributed by atoms with E-state index in [1.165, 1.54) is 54.7 Å². The van der Waals surface area contributed by atoms with Crippen molar-refractivity contribution < 1.29 is 18.4 Å². The van der Waals surface area contributed by atoms with Gasteiger partial charge in [0.15, 0.2) is 0 Å². The lowest BCUT2D eigenvalue weighted by molar-refractivity contribution is 0.0956. The molecule has 2 amide bonds. The number of carbonyl (C=O) groups is 2. The molecule has 0 aliphatic carbocycles. The molecule has 0 fully saturated rings. The summed E-state index contributed by atoms with van der Waals surface area (Å²) in [7, 11) is 0. The summed E-state index contributed by atoms with van der Waals surface area (Å²) >= 11 is 0. The van der Waals surface area contributed by atoms with Crippen LogP contribution in [0, 0.1) is 11.6 Å². The minimum absolute atomic E-state index is 0.123. The zero-order valence-corrected chi connectivity index (χ0v) is 14.5. The van der Waals surface area contributed by atoms with Crippen LogP contribution in [0.3, 0.4) is 0 Å². The molecule has 3 aromatic rings. The lowest BCUT2D eigenvalue weighted by Crippen LogP contribution is -2.21. The predicted molar refractivity (Wildman–Crippen MR) is 102 cm³/mol. The molecule has 0 heterocycles. The van der Waals surface area contributed by atoms with Gasteiger partial charge in [0.05, 0.1) is 23.0 Å². The molecule has 0 atom stereocenters. The van der Waals surface area contributed by atoms with Crippen LogP contribution in [0.4, 0.5) is 14.5 Å². The van der Waals surface area contributed by atoms with Crippen LogP contribution in [-0.2, 0) is 0 Å². The molecule has 3 rings (SSSR count). The van der Waals surface area contributed by atoms with E-state index >= 15 is 0 Å². The summed E-state index contributed by atoms with van der Waals surface area (Å²) in [6.07, 6.45) is 1.17. The standard InChI is InChI=1S/C21H15F2N3O2/c22-17-10-4-1-7-14(17)13-24-26-21(28)16-9-3-6-12-19(16)25-20(27)15-8-2-5-11-18(15)23/h1-13H,(H,25,27)(H,26,28). The van der Waals surface area contributed by atoms with Crippen molar-refractivity contribution in [2.45, 2.75) is 0 Å². The summed E-state index contributed by atoms with van der Waals surface area (Å²) in [6, 6.07) is 17.7. The maximum atomic E-state index is 13.8. The number of para-hydroxylation sites is 1. The number of carbonyl (C=O) groups excluding carboxylic acids is 2. The van der Waals surface area contributed by atoms with Crippen LogP contribution >= 0.6 is 0 Å². The highest BCUT2D eigenvalue weighted by molar-refractivity contribution is 6.09. The third-order valence-corrected chi connectivity index (χ3v) is 3.81. The van der Waals surface area contributed by atoms with Crippen molar-refractivity contribution >= 4 is 23.7 Å². The number of nitrogens with zero attached hydrogens (tertiary/aromatic N) is 1. The fraction of sp³-hybridized carbons (Fsp3) is 0. The first kappa shape index (κ1) is 18.9. The predicted octanol–water partition coefficient (Wildman–Crippen LogP) is 3.98. The number of amides is 2. The van der Waals surface area contributed by atoms with Crippen molar-refractivity contribution in [1.29, 1.82) is 0 Å². The molecule has 0 unspecified atom stereocenters. The Morgan fingerprint density at radius 3 is 2.07 bits per heavy atom. The van der Waals surface area contributed by atoms with Crippen LogP contribution in [0.1, 0.15) is 26.3 Å². The first-order chi connectivity index (χ1) is 13.6. The molecular formula is C21H15F2N3O2. The molecule has 0 radical (unpaired) electrons. The van der Waals surface area contributed by atoms with Gasteiger partial charge < -0.3 is 5.32 Å². The number of hydrazone groups is 1. The fourth-order valence-electron chi connectivity index (χ4n) is 2.43. The van der Waals surface area contributed by atoms with Gasteiger partial charge in [0.1, 0.15) is 11.6 Å². The molecule has 0 spiro atoms. The minimum Gasteiger partial charge on any atom is -0.321 e. The van der Waals surface area contributed by atoms with E-state index in [4.69, 9.17) is 0 Å². The second-order valence-corrected chi connectivity index (χ2v) is 5.70. The van der Waals surface area contributed by atoms with Gasteiger partial charge in [0, 0.05) is 5.56 Å². The smallest absolute Gasteiger partial charge is 0.273 e. The first-order valence-corrected chi connectivity index (χ1v) is 8.29. The molecule has 5 nitrogen and oxygen atoms in total. The quantitative estimate of drug-likeness (QED) is 0.520. The van der Waals surface area contributed by atoms with Gasteiger partial charge in [-0.25, -0.2) is 14.2 Å². The molecule has 0 aromatic heterocycles. The molecular weight excluding hydrogens is 364 g/mol. The summed E-state index contributed by atoms with van der Waals surface area (Å²) in [5.74, 6) is -2.44. The Morgan fingerprint density at radius 2 is 1.36 bits per heavy atom. The summed E-state index contributed by atoms with van der Waals surface area (Å²) in [5.41, 5.74) is 2.66. The van der Waals surface area contributed by atoms with Crippen LogP contribution in [-0.4, -0.2) is 18.0 Å². The van der Waals surface area contributed by atoms with Crippen LogP contribution in [0.2, 0.25) is 0 Å². The maximum absolute atomic E-state index is 13.8. The summed E-state index contributed by atoms with van der Waals surface area (Å²) in [4.78, 5) is 24.7. The van der Waals surface area contributed by atoms with Gasteiger partial charge >= 0.3 is 0 Å². The van der Waals surface area contributed by atoms with Crippen molar-refractivity contribution in [1.82, 2.24) is 5.43 Å². The van der Waals surface area contributed by atoms with Crippen molar-refractivity contribution in [2.75, 3.05) is 5.32 Å². The maximum Gasteiger partial charge on any atom is 0.273 e. The van der Waals surface area contributed by atoms with Crippen LogP contribution in [0.25, 0.3) is 0 Å². The number of halogens is 2. The van der Waals surface area contributed by atoms with E-state index in [1.54, 1.807) is 24.3 Å². The molecule has 28 heavy (non-hydrogen) atoms. The number of hydrogen-bond donors (Lipinski definition) is 2. The van der Waals surface area contributed by atoms with Gasteiger partial charge in [0.25, 0.3) is 11.8 Å². The van der Waals surface area contributed by atoms with Gasteiger partial charge in [-0.1, -0.05) is 42.5 Å². The number of benzene rings is 3. The highest BCUT2D eigenvalue weighted by Gasteiger charge is 2.15. The zero-order chi connectivity index (χ0) is 19.9. The third-order valence-electron chi connectivity index (χ3n) is 3.81. The molecule has 2 N–H and O–H groups in total. The molecule has 0 aliphatic rings. The molecule has 140 valence electrons.